The van der Waals surface area contributed by atoms with E-state index in [1.807, 2.05) is 0 Å². The first-order valence-corrected chi connectivity index (χ1v) is 7.87. The van der Waals surface area contributed by atoms with Crippen molar-refractivity contribution in [1.29, 1.82) is 0 Å². The lowest BCUT2D eigenvalue weighted by Gasteiger charge is -2.26. The van der Waals surface area contributed by atoms with E-state index in [1.54, 1.807) is 13.0 Å². The van der Waals surface area contributed by atoms with Crippen LogP contribution in [-0.2, 0) is 4.74 Å². The number of aromatic nitrogens is 2. The lowest BCUT2D eigenvalue weighted by atomic mass is 10.3. The molecule has 0 aromatic carbocycles. The number of nitrogens with one attached hydrogen (secondary N) is 2. The van der Waals surface area contributed by atoms with E-state index in [2.05, 4.69) is 32.4 Å². The molecule has 0 saturated carbocycles. The van der Waals surface area contributed by atoms with Crippen LogP contribution >= 0.6 is 0 Å². The van der Waals surface area contributed by atoms with E-state index < -0.39 is 0 Å². The van der Waals surface area contributed by atoms with Gasteiger partial charge in [-0.25, -0.2) is 9.97 Å². The summed E-state index contributed by atoms with van der Waals surface area (Å²) >= 11 is 0. The Bertz CT molecular complexity index is 489. The fourth-order valence-corrected chi connectivity index (χ4v) is 2.27. The fraction of sp³-hybridized carbons (Fsp3) is 0.667. The first-order chi connectivity index (χ1) is 10.7. The lowest BCUT2D eigenvalue weighted by Crippen LogP contribution is -2.41. The third-order valence-electron chi connectivity index (χ3n) is 3.44. The topological polar surface area (TPSA) is 79.4 Å². The number of carbonyl (C=O) groups is 1. The van der Waals surface area contributed by atoms with Gasteiger partial charge in [0.05, 0.1) is 13.2 Å². The first kappa shape index (κ1) is 16.6. The summed E-state index contributed by atoms with van der Waals surface area (Å²) in [5.41, 5.74) is 0.410. The SMILES string of the molecule is CCCNc1cc(C(=O)NCCN2CCOCC2)nc(C)n1. The van der Waals surface area contributed by atoms with Crippen molar-refractivity contribution in [2.24, 2.45) is 0 Å². The smallest absolute Gasteiger partial charge is 0.270 e. The molecule has 1 aliphatic rings. The number of hydrogen-bond acceptors (Lipinski definition) is 6. The second-order valence-electron chi connectivity index (χ2n) is 5.32. The zero-order valence-electron chi connectivity index (χ0n) is 13.4. The van der Waals surface area contributed by atoms with E-state index in [1.165, 1.54) is 0 Å². The molecule has 0 atom stereocenters. The van der Waals surface area contributed by atoms with Crippen LogP contribution in [0.25, 0.3) is 0 Å². The molecule has 0 unspecified atom stereocenters. The van der Waals surface area contributed by atoms with Crippen LogP contribution < -0.4 is 10.6 Å². The molecule has 22 heavy (non-hydrogen) atoms. The molecule has 7 heteroatoms. The normalized spacial score (nSPS) is 15.5. The minimum absolute atomic E-state index is 0.154. The highest BCUT2D eigenvalue weighted by atomic mass is 16.5. The number of amides is 1. The standard InChI is InChI=1S/C15H25N5O2/c1-3-4-16-14-11-13(18-12(2)19-14)15(21)17-5-6-20-7-9-22-10-8-20/h11H,3-10H2,1-2H3,(H,17,21)(H,16,18,19). The van der Waals surface area contributed by atoms with Crippen LogP contribution in [0.3, 0.4) is 0 Å². The number of anilines is 1. The number of morpholine rings is 1. The van der Waals surface area contributed by atoms with Crippen molar-refractivity contribution in [1.82, 2.24) is 20.2 Å². The highest BCUT2D eigenvalue weighted by molar-refractivity contribution is 5.92. The number of hydrogen-bond donors (Lipinski definition) is 2. The summed E-state index contributed by atoms with van der Waals surface area (Å²) in [5, 5.41) is 6.10. The van der Waals surface area contributed by atoms with Crippen molar-refractivity contribution in [2.75, 3.05) is 51.3 Å². The molecule has 0 spiro atoms. The van der Waals surface area contributed by atoms with Crippen molar-refractivity contribution < 1.29 is 9.53 Å². The minimum Gasteiger partial charge on any atom is -0.379 e. The summed E-state index contributed by atoms with van der Waals surface area (Å²) in [6, 6.07) is 1.70. The molecule has 1 amide bonds. The predicted molar refractivity (Wildman–Crippen MR) is 85.1 cm³/mol. The van der Waals surface area contributed by atoms with Gasteiger partial charge in [0.25, 0.3) is 5.91 Å². The maximum absolute atomic E-state index is 12.2. The van der Waals surface area contributed by atoms with Crippen molar-refractivity contribution >= 4 is 11.7 Å². The Hall–Kier alpha value is -1.73. The third kappa shape index (κ3) is 5.23. The van der Waals surface area contributed by atoms with E-state index >= 15 is 0 Å². The number of ether oxygens (including phenoxy) is 1. The summed E-state index contributed by atoms with van der Waals surface area (Å²) in [4.78, 5) is 23.0. The van der Waals surface area contributed by atoms with Crippen LogP contribution in [0.1, 0.15) is 29.7 Å². The molecule has 2 N–H and O–H groups in total. The Morgan fingerprint density at radius 1 is 1.32 bits per heavy atom. The molecule has 1 aromatic rings. The van der Waals surface area contributed by atoms with Gasteiger partial charge in [-0.15, -0.1) is 0 Å². The Balaban J connectivity index is 1.84. The number of carbonyl (C=O) groups excluding carboxylic acids is 1. The van der Waals surface area contributed by atoms with Crippen molar-refractivity contribution in [3.05, 3.63) is 17.6 Å². The molecule has 1 saturated heterocycles. The predicted octanol–water partition coefficient (Wildman–Crippen LogP) is 0.669. The number of nitrogens with zero attached hydrogens (tertiary/aromatic N) is 3. The molecular formula is C15H25N5O2. The molecule has 2 heterocycles. The van der Waals surface area contributed by atoms with Crippen molar-refractivity contribution in [3.63, 3.8) is 0 Å². The van der Waals surface area contributed by atoms with Gasteiger partial charge in [-0.1, -0.05) is 6.92 Å². The van der Waals surface area contributed by atoms with Crippen LogP contribution in [0.15, 0.2) is 6.07 Å². The molecule has 0 aliphatic carbocycles. The molecule has 7 nitrogen and oxygen atoms in total. The summed E-state index contributed by atoms with van der Waals surface area (Å²) in [6.07, 6.45) is 1.00. The van der Waals surface area contributed by atoms with Gasteiger partial charge in [-0.05, 0) is 13.3 Å². The van der Waals surface area contributed by atoms with Crippen molar-refractivity contribution in [2.45, 2.75) is 20.3 Å². The third-order valence-corrected chi connectivity index (χ3v) is 3.44. The molecule has 1 aromatic heterocycles. The average Bonchev–Trinajstić information content (AvgIpc) is 2.53. The van der Waals surface area contributed by atoms with Gasteiger partial charge in [-0.2, -0.15) is 0 Å². The maximum Gasteiger partial charge on any atom is 0.270 e. The van der Waals surface area contributed by atoms with Gasteiger partial charge in [-0.3, -0.25) is 9.69 Å². The number of aryl methyl sites for hydroxylation is 1. The van der Waals surface area contributed by atoms with Crippen molar-refractivity contribution in [3.8, 4) is 0 Å². The highest BCUT2D eigenvalue weighted by Crippen LogP contribution is 2.06. The van der Waals surface area contributed by atoms with Gasteiger partial charge >= 0.3 is 0 Å². The minimum atomic E-state index is -0.154. The Morgan fingerprint density at radius 2 is 2.09 bits per heavy atom. The van der Waals surface area contributed by atoms with Crippen LogP contribution in [0, 0.1) is 6.92 Å². The maximum atomic E-state index is 12.2. The van der Waals surface area contributed by atoms with E-state index in [0.717, 1.165) is 45.8 Å². The molecular weight excluding hydrogens is 282 g/mol. The Labute approximate surface area is 131 Å². The van der Waals surface area contributed by atoms with Gasteiger partial charge in [0.2, 0.25) is 0 Å². The van der Waals surface area contributed by atoms with Gasteiger partial charge in [0, 0.05) is 38.8 Å². The zero-order chi connectivity index (χ0) is 15.8. The fourth-order valence-electron chi connectivity index (χ4n) is 2.27. The lowest BCUT2D eigenvalue weighted by molar-refractivity contribution is 0.0383. The summed E-state index contributed by atoms with van der Waals surface area (Å²) < 4.78 is 5.30. The quantitative estimate of drug-likeness (QED) is 0.771. The second kappa shape index (κ2) is 8.65. The number of rotatable bonds is 7. The van der Waals surface area contributed by atoms with Gasteiger partial charge in [0.1, 0.15) is 17.3 Å². The van der Waals surface area contributed by atoms with Crippen LogP contribution in [0.5, 0.6) is 0 Å². The molecule has 1 fully saturated rings. The van der Waals surface area contributed by atoms with Gasteiger partial charge < -0.3 is 15.4 Å². The van der Waals surface area contributed by atoms with E-state index in [0.29, 0.717) is 23.9 Å². The largest absolute Gasteiger partial charge is 0.379 e. The molecule has 0 bridgehead atoms. The van der Waals surface area contributed by atoms with E-state index in [4.69, 9.17) is 4.74 Å². The van der Waals surface area contributed by atoms with Gasteiger partial charge in [0.15, 0.2) is 0 Å². The molecule has 2 rings (SSSR count). The van der Waals surface area contributed by atoms with Crippen LogP contribution in [0.2, 0.25) is 0 Å². The Kier molecular flexibility index (Phi) is 6.54. The average molecular weight is 307 g/mol. The summed E-state index contributed by atoms with van der Waals surface area (Å²) in [5.74, 6) is 1.14. The van der Waals surface area contributed by atoms with E-state index in [9.17, 15) is 4.79 Å². The van der Waals surface area contributed by atoms with Crippen LogP contribution in [-0.4, -0.2) is 66.7 Å². The zero-order valence-corrected chi connectivity index (χ0v) is 13.4. The monoisotopic (exact) mass is 307 g/mol. The molecule has 122 valence electrons. The van der Waals surface area contributed by atoms with E-state index in [-0.39, 0.29) is 5.91 Å². The highest BCUT2D eigenvalue weighted by Gasteiger charge is 2.12. The van der Waals surface area contributed by atoms with Crippen LogP contribution in [0.4, 0.5) is 5.82 Å². The first-order valence-electron chi connectivity index (χ1n) is 7.87. The summed E-state index contributed by atoms with van der Waals surface area (Å²) in [6.45, 7) is 9.54. The Morgan fingerprint density at radius 3 is 2.82 bits per heavy atom. The summed E-state index contributed by atoms with van der Waals surface area (Å²) in [7, 11) is 0. The molecule has 0 radical (unpaired) electrons. The molecule has 1 aliphatic heterocycles. The second-order valence-corrected chi connectivity index (χ2v) is 5.32.